The number of hydrogen-bond donors (Lipinski definition) is 3. The molecule has 0 bridgehead atoms. The number of nitrogens with zero attached hydrogens (tertiary/aromatic N) is 4. The summed E-state index contributed by atoms with van der Waals surface area (Å²) in [7, 11) is -2.63. The molecular weight excluding hydrogens is 1000 g/mol. The Morgan fingerprint density at radius 2 is 1.38 bits per heavy atom. The van der Waals surface area contributed by atoms with Gasteiger partial charge in [-0.15, -0.1) is 5.10 Å². The fraction of sp³-hybridized carbons (Fsp3) is 0.655. The summed E-state index contributed by atoms with van der Waals surface area (Å²) in [6.45, 7) is 13.2. The molecular formula is C55H84N6O14S. The predicted octanol–water partition coefficient (Wildman–Crippen LogP) is 3.95. The van der Waals surface area contributed by atoms with Crippen molar-refractivity contribution in [2.75, 3.05) is 92.0 Å². The Hall–Kier alpha value is -4.84. The first kappa shape index (κ1) is 63.7. The predicted molar refractivity (Wildman–Crippen MR) is 284 cm³/mol. The Morgan fingerprint density at radius 1 is 0.776 bits per heavy atom. The standard InChI is InChI=1S/C55H84N6O14S/c1-41(2)32-49(56-53(65)45(19-18-43-14-9-7-10-15-43)35-48(62)38-60-20-24-71-25-21-60)51(63)36-46(34-44-16-11-8-12-17-44)54(66)57-50(33-42(3)4)52(64)55(5,67)40-75-76(68,69)31-13-23-74-39-47-37-61(59-58-47)22-26-72-29-30-73-28-27-70-6/h7-12,14-17,37,41-42,45-46,49-50,67H,13,18-36,38-40H2,1-6H3,(H,56,65)(H,57,66)/t45-,46-,49+,50+,55?/m1/s1. The molecule has 2 amide bonds. The molecule has 2 heterocycles. The van der Waals surface area contributed by atoms with Crippen LogP contribution in [-0.4, -0.2) is 172 Å². The summed E-state index contributed by atoms with van der Waals surface area (Å²) >= 11 is 0. The highest BCUT2D eigenvalue weighted by Crippen LogP contribution is 2.22. The van der Waals surface area contributed by atoms with E-state index in [1.54, 1.807) is 18.0 Å². The van der Waals surface area contributed by atoms with Crippen LogP contribution in [-0.2, 0) is 88.0 Å². The van der Waals surface area contributed by atoms with Crippen molar-refractivity contribution >= 4 is 39.3 Å². The van der Waals surface area contributed by atoms with E-state index < -0.39 is 69.6 Å². The van der Waals surface area contributed by atoms with Crippen LogP contribution in [0.2, 0.25) is 0 Å². The highest BCUT2D eigenvalue weighted by Gasteiger charge is 2.40. The van der Waals surface area contributed by atoms with Crippen molar-refractivity contribution < 1.29 is 65.4 Å². The van der Waals surface area contributed by atoms with Gasteiger partial charge in [0.1, 0.15) is 23.7 Å². The van der Waals surface area contributed by atoms with Crippen molar-refractivity contribution in [3.63, 3.8) is 0 Å². The number of amides is 2. The molecule has 0 aliphatic carbocycles. The number of carbonyl (C=O) groups excluding carboxylic acids is 5. The average Bonchev–Trinajstić information content (AvgIpc) is 3.84. The van der Waals surface area contributed by atoms with Crippen LogP contribution < -0.4 is 10.6 Å². The third-order valence-electron chi connectivity index (χ3n) is 12.7. The third kappa shape index (κ3) is 25.1. The minimum Gasteiger partial charge on any atom is -0.382 e. The van der Waals surface area contributed by atoms with Crippen molar-refractivity contribution in [2.24, 2.45) is 23.7 Å². The van der Waals surface area contributed by atoms with Gasteiger partial charge in [0, 0.05) is 51.5 Å². The van der Waals surface area contributed by atoms with Gasteiger partial charge in [0.15, 0.2) is 11.6 Å². The summed E-state index contributed by atoms with van der Waals surface area (Å²) in [4.78, 5) is 72.9. The van der Waals surface area contributed by atoms with Crippen molar-refractivity contribution in [3.05, 3.63) is 83.7 Å². The molecule has 20 nitrogen and oxygen atoms in total. The Bertz CT molecular complexity index is 2290. The van der Waals surface area contributed by atoms with Crippen LogP contribution in [0.15, 0.2) is 66.9 Å². The second-order valence-electron chi connectivity index (χ2n) is 20.5. The Kier molecular flexibility index (Phi) is 28.6. The normalized spacial score (nSPS) is 15.7. The third-order valence-corrected chi connectivity index (χ3v) is 14.0. The smallest absolute Gasteiger partial charge is 0.267 e. The number of benzene rings is 2. The van der Waals surface area contributed by atoms with Crippen LogP contribution >= 0.6 is 0 Å². The number of ether oxygens (including phenoxy) is 5. The summed E-state index contributed by atoms with van der Waals surface area (Å²) in [6, 6.07) is 16.5. The van der Waals surface area contributed by atoms with Crippen LogP contribution in [0.1, 0.15) is 90.0 Å². The second-order valence-corrected chi connectivity index (χ2v) is 22.3. The van der Waals surface area contributed by atoms with Gasteiger partial charge in [-0.1, -0.05) is 93.6 Å². The molecule has 1 unspecified atom stereocenters. The number of nitrogens with one attached hydrogen (secondary N) is 2. The lowest BCUT2D eigenvalue weighted by molar-refractivity contribution is -0.143. The minimum atomic E-state index is -4.24. The number of aryl methyl sites for hydroxylation is 1. The first-order chi connectivity index (χ1) is 36.3. The molecule has 3 N–H and O–H groups in total. The van der Waals surface area contributed by atoms with Gasteiger partial charge in [-0.05, 0) is 68.4 Å². The molecule has 1 aliphatic rings. The van der Waals surface area contributed by atoms with E-state index in [9.17, 15) is 37.5 Å². The molecule has 424 valence electrons. The van der Waals surface area contributed by atoms with E-state index in [-0.39, 0.29) is 81.7 Å². The van der Waals surface area contributed by atoms with Gasteiger partial charge in [-0.2, -0.15) is 8.42 Å². The maximum atomic E-state index is 14.5. The molecule has 1 aromatic heterocycles. The van der Waals surface area contributed by atoms with Gasteiger partial charge in [-0.3, -0.25) is 33.1 Å². The van der Waals surface area contributed by atoms with E-state index in [0.717, 1.165) is 18.1 Å². The largest absolute Gasteiger partial charge is 0.382 e. The lowest BCUT2D eigenvalue weighted by Gasteiger charge is -2.30. The molecule has 0 spiro atoms. The Morgan fingerprint density at radius 3 is 2.04 bits per heavy atom. The van der Waals surface area contributed by atoms with Crippen LogP contribution in [0.5, 0.6) is 0 Å². The van der Waals surface area contributed by atoms with E-state index in [4.69, 9.17) is 27.9 Å². The minimum absolute atomic E-state index is 0.00231. The number of morpholine rings is 1. The fourth-order valence-corrected chi connectivity index (χ4v) is 9.58. The zero-order chi connectivity index (χ0) is 55.4. The van der Waals surface area contributed by atoms with E-state index in [1.807, 2.05) is 93.3 Å². The monoisotopic (exact) mass is 1080 g/mol. The van der Waals surface area contributed by atoms with Gasteiger partial charge in [0.05, 0.1) is 90.0 Å². The van der Waals surface area contributed by atoms with E-state index in [2.05, 4.69) is 20.9 Å². The summed E-state index contributed by atoms with van der Waals surface area (Å²) in [5.74, 6) is -4.74. The zero-order valence-electron chi connectivity index (χ0n) is 45.5. The number of methoxy groups -OCH3 is 1. The summed E-state index contributed by atoms with van der Waals surface area (Å²) in [6.07, 6.45) is 2.86. The molecule has 2 aromatic carbocycles. The fourth-order valence-electron chi connectivity index (χ4n) is 8.59. The van der Waals surface area contributed by atoms with Crippen LogP contribution in [0.3, 0.4) is 0 Å². The van der Waals surface area contributed by atoms with E-state index in [0.29, 0.717) is 84.4 Å². The molecule has 5 atom stereocenters. The molecule has 1 fully saturated rings. The summed E-state index contributed by atoms with van der Waals surface area (Å²) < 4.78 is 59.6. The van der Waals surface area contributed by atoms with Crippen molar-refractivity contribution in [2.45, 2.75) is 117 Å². The van der Waals surface area contributed by atoms with Gasteiger partial charge in [0.25, 0.3) is 10.1 Å². The number of carbonyl (C=O) groups is 5. The SMILES string of the molecule is COCCOCCOCCn1cc(COCCCS(=O)(=O)OCC(C)(O)C(=O)[C@H](CC(C)C)NC(=O)[C@@H](CC(=O)[C@H](CC(C)C)NC(=O)[C@H](CCc2ccccc2)CC(=O)CN2CCOCC2)Cc2ccccc2)nn1. The quantitative estimate of drug-likeness (QED) is 0.0538. The zero-order valence-corrected chi connectivity index (χ0v) is 46.3. The maximum absolute atomic E-state index is 14.5. The highest BCUT2D eigenvalue weighted by atomic mass is 32.2. The second kappa shape index (κ2) is 34.1. The van der Waals surface area contributed by atoms with Crippen LogP contribution in [0.4, 0.5) is 0 Å². The molecule has 1 aliphatic heterocycles. The lowest BCUT2D eigenvalue weighted by Crippen LogP contribution is -2.54. The summed E-state index contributed by atoms with van der Waals surface area (Å²) in [5.41, 5.74) is -0.0319. The number of aromatic nitrogens is 3. The molecule has 3 aromatic rings. The van der Waals surface area contributed by atoms with Crippen molar-refractivity contribution in [1.82, 2.24) is 30.5 Å². The Balaban J connectivity index is 1.37. The first-order valence-corrected chi connectivity index (χ1v) is 28.2. The number of Topliss-reactive ketones (excluding diaryl/α,β-unsaturated/α-hetero) is 3. The molecule has 0 radical (unpaired) electrons. The van der Waals surface area contributed by atoms with Gasteiger partial charge >= 0.3 is 0 Å². The number of ketones is 3. The van der Waals surface area contributed by atoms with E-state index >= 15 is 0 Å². The molecule has 21 heteroatoms. The van der Waals surface area contributed by atoms with Crippen LogP contribution in [0, 0.1) is 23.7 Å². The maximum Gasteiger partial charge on any atom is 0.267 e. The molecule has 1 saturated heterocycles. The summed E-state index contributed by atoms with van der Waals surface area (Å²) in [5, 5.41) is 25.4. The van der Waals surface area contributed by atoms with Crippen LogP contribution in [0.25, 0.3) is 0 Å². The number of hydrogen-bond acceptors (Lipinski definition) is 17. The van der Waals surface area contributed by atoms with E-state index in [1.165, 1.54) is 0 Å². The number of rotatable bonds is 40. The average molecular weight is 1090 g/mol. The topological polar surface area (TPSA) is 253 Å². The first-order valence-electron chi connectivity index (χ1n) is 26.6. The van der Waals surface area contributed by atoms with Crippen molar-refractivity contribution in [3.8, 4) is 0 Å². The lowest BCUT2D eigenvalue weighted by atomic mass is 9.86. The molecule has 0 saturated carbocycles. The molecule has 76 heavy (non-hydrogen) atoms. The van der Waals surface area contributed by atoms with Crippen molar-refractivity contribution in [1.29, 1.82) is 0 Å². The van der Waals surface area contributed by atoms with Gasteiger partial charge in [-0.25, -0.2) is 4.68 Å². The Labute approximate surface area is 449 Å². The highest BCUT2D eigenvalue weighted by molar-refractivity contribution is 7.86. The van der Waals surface area contributed by atoms with Gasteiger partial charge < -0.3 is 39.4 Å². The van der Waals surface area contributed by atoms with Gasteiger partial charge in [0.2, 0.25) is 11.8 Å². The molecule has 4 rings (SSSR count). The number of aliphatic hydroxyl groups is 1.